The molecule has 20 heavy (non-hydrogen) atoms. The minimum atomic E-state index is -0.486. The minimum absolute atomic E-state index is 0.104. The summed E-state index contributed by atoms with van der Waals surface area (Å²) in [5, 5.41) is 14.8. The van der Waals surface area contributed by atoms with E-state index >= 15 is 0 Å². The van der Waals surface area contributed by atoms with E-state index in [2.05, 4.69) is 21.2 Å². The van der Waals surface area contributed by atoms with Crippen molar-refractivity contribution in [2.75, 3.05) is 5.33 Å². The molecule has 1 fully saturated rings. The van der Waals surface area contributed by atoms with E-state index in [9.17, 15) is 14.9 Å². The van der Waals surface area contributed by atoms with E-state index in [-0.39, 0.29) is 22.7 Å². The van der Waals surface area contributed by atoms with Gasteiger partial charge in [0.25, 0.3) is 11.6 Å². The normalized spacial score (nSPS) is 16.9. The lowest BCUT2D eigenvalue weighted by Crippen LogP contribution is -2.47. The number of alkyl halides is 1. The van der Waals surface area contributed by atoms with Crippen LogP contribution in [0.25, 0.3) is 0 Å². The van der Waals surface area contributed by atoms with Crippen molar-refractivity contribution in [3.8, 4) is 0 Å². The molecule has 1 N–H and O–H groups in total. The molecule has 0 aliphatic heterocycles. The number of amides is 1. The fraction of sp³-hybridized carbons (Fsp3) is 0.500. The maximum atomic E-state index is 12.4. The van der Waals surface area contributed by atoms with Crippen molar-refractivity contribution in [1.29, 1.82) is 0 Å². The van der Waals surface area contributed by atoms with Gasteiger partial charge in [-0.3, -0.25) is 14.9 Å². The summed E-state index contributed by atoms with van der Waals surface area (Å²) in [6, 6.07) is 4.83. The molecule has 0 saturated heterocycles. The molecule has 0 radical (unpaired) electrons. The molecule has 1 amide bonds. The molecule has 0 heterocycles. The predicted octanol–water partition coefficient (Wildman–Crippen LogP) is 3.34. The summed E-state index contributed by atoms with van der Waals surface area (Å²) in [5.74, 6) is -0.359. The fourth-order valence-corrected chi connectivity index (χ4v) is 3.44. The zero-order chi connectivity index (χ0) is 14.8. The Labute approximate surface area is 126 Å². The molecule has 2 rings (SSSR count). The molecule has 1 saturated carbocycles. The van der Waals surface area contributed by atoms with Crippen LogP contribution in [0.5, 0.6) is 0 Å². The third-order valence-corrected chi connectivity index (χ3v) is 4.93. The molecular formula is C14H17BrN2O3. The predicted molar refractivity (Wildman–Crippen MR) is 80.3 cm³/mol. The molecule has 5 nitrogen and oxygen atoms in total. The molecule has 6 heteroatoms. The van der Waals surface area contributed by atoms with Crippen LogP contribution >= 0.6 is 15.9 Å². The lowest BCUT2D eigenvalue weighted by Gasteiger charge is -2.28. The largest absolute Gasteiger partial charge is 0.346 e. The number of nitro benzene ring substituents is 1. The first-order valence-electron chi connectivity index (χ1n) is 6.61. The summed E-state index contributed by atoms with van der Waals surface area (Å²) in [6.45, 7) is 1.64. The molecule has 0 spiro atoms. The second kappa shape index (κ2) is 5.91. The summed E-state index contributed by atoms with van der Waals surface area (Å²) in [7, 11) is 0. The van der Waals surface area contributed by atoms with Gasteiger partial charge in [-0.15, -0.1) is 0 Å². The number of para-hydroxylation sites is 1. The van der Waals surface area contributed by atoms with Gasteiger partial charge in [-0.05, 0) is 25.8 Å². The first kappa shape index (κ1) is 15.0. The lowest BCUT2D eigenvalue weighted by molar-refractivity contribution is -0.385. The number of benzene rings is 1. The fourth-order valence-electron chi connectivity index (χ4n) is 2.74. The second-order valence-corrected chi connectivity index (χ2v) is 5.86. The van der Waals surface area contributed by atoms with Crippen molar-refractivity contribution in [3.05, 3.63) is 39.4 Å². The van der Waals surface area contributed by atoms with Gasteiger partial charge in [0.05, 0.1) is 10.5 Å². The lowest BCUT2D eigenvalue weighted by atomic mass is 9.99. The van der Waals surface area contributed by atoms with Crippen LogP contribution in [0.3, 0.4) is 0 Å². The van der Waals surface area contributed by atoms with Gasteiger partial charge in [-0.2, -0.15) is 0 Å². The number of hydrogen-bond acceptors (Lipinski definition) is 3. The number of carbonyl (C=O) groups is 1. The summed E-state index contributed by atoms with van der Waals surface area (Å²) >= 11 is 3.45. The molecule has 1 aliphatic carbocycles. The van der Waals surface area contributed by atoms with Crippen molar-refractivity contribution in [2.24, 2.45) is 0 Å². The summed E-state index contributed by atoms with van der Waals surface area (Å²) in [5.41, 5.74) is 0.270. The Bertz CT molecular complexity index is 539. The van der Waals surface area contributed by atoms with Crippen molar-refractivity contribution >= 4 is 27.5 Å². The van der Waals surface area contributed by atoms with Crippen LogP contribution in [-0.4, -0.2) is 21.7 Å². The smallest absolute Gasteiger partial charge is 0.285 e. The van der Waals surface area contributed by atoms with Crippen LogP contribution in [0.1, 0.15) is 41.6 Å². The van der Waals surface area contributed by atoms with Gasteiger partial charge in [-0.1, -0.05) is 40.9 Å². The maximum Gasteiger partial charge on any atom is 0.285 e. The highest BCUT2D eigenvalue weighted by molar-refractivity contribution is 9.09. The molecule has 1 aromatic carbocycles. The summed E-state index contributed by atoms with van der Waals surface area (Å²) < 4.78 is 0. The van der Waals surface area contributed by atoms with Gasteiger partial charge in [0, 0.05) is 10.9 Å². The van der Waals surface area contributed by atoms with E-state index in [0.717, 1.165) is 25.7 Å². The van der Waals surface area contributed by atoms with E-state index < -0.39 is 4.92 Å². The number of rotatable bonds is 4. The Morgan fingerprint density at radius 3 is 2.65 bits per heavy atom. The zero-order valence-corrected chi connectivity index (χ0v) is 12.9. The van der Waals surface area contributed by atoms with Crippen LogP contribution in [0.15, 0.2) is 18.2 Å². The molecule has 108 valence electrons. The van der Waals surface area contributed by atoms with Gasteiger partial charge >= 0.3 is 0 Å². The monoisotopic (exact) mass is 340 g/mol. The summed E-state index contributed by atoms with van der Waals surface area (Å²) in [4.78, 5) is 23.1. The highest BCUT2D eigenvalue weighted by atomic mass is 79.9. The number of nitro groups is 1. The average molecular weight is 341 g/mol. The molecule has 1 aromatic rings. The molecule has 0 atom stereocenters. The first-order valence-corrected chi connectivity index (χ1v) is 7.74. The number of nitrogens with zero attached hydrogens (tertiary/aromatic N) is 1. The Morgan fingerprint density at radius 2 is 2.10 bits per heavy atom. The van der Waals surface area contributed by atoms with Crippen LogP contribution in [0, 0.1) is 17.0 Å². The Morgan fingerprint density at radius 1 is 1.45 bits per heavy atom. The quantitative estimate of drug-likeness (QED) is 0.519. The van der Waals surface area contributed by atoms with Gasteiger partial charge in [0.2, 0.25) is 0 Å². The second-order valence-electron chi connectivity index (χ2n) is 5.30. The maximum absolute atomic E-state index is 12.4. The van der Waals surface area contributed by atoms with Gasteiger partial charge < -0.3 is 5.32 Å². The number of nitrogens with one attached hydrogen (secondary N) is 1. The zero-order valence-electron chi connectivity index (χ0n) is 11.3. The minimum Gasteiger partial charge on any atom is -0.346 e. The topological polar surface area (TPSA) is 72.2 Å². The van der Waals surface area contributed by atoms with Crippen LogP contribution in [-0.2, 0) is 0 Å². The van der Waals surface area contributed by atoms with Crippen LogP contribution in [0.4, 0.5) is 5.69 Å². The Kier molecular flexibility index (Phi) is 4.42. The molecule has 0 bridgehead atoms. The Balaban J connectivity index is 2.30. The van der Waals surface area contributed by atoms with Crippen molar-refractivity contribution in [1.82, 2.24) is 5.32 Å². The van der Waals surface area contributed by atoms with Crippen molar-refractivity contribution in [3.63, 3.8) is 0 Å². The number of hydrogen-bond donors (Lipinski definition) is 1. The summed E-state index contributed by atoms with van der Waals surface area (Å²) in [6.07, 6.45) is 3.96. The molecule has 0 unspecified atom stereocenters. The van der Waals surface area contributed by atoms with Crippen LogP contribution < -0.4 is 5.32 Å². The van der Waals surface area contributed by atoms with E-state index in [1.54, 1.807) is 19.1 Å². The number of aryl methyl sites for hydroxylation is 1. The van der Waals surface area contributed by atoms with E-state index in [4.69, 9.17) is 0 Å². The highest BCUT2D eigenvalue weighted by Gasteiger charge is 2.36. The van der Waals surface area contributed by atoms with Crippen molar-refractivity contribution in [2.45, 2.75) is 38.1 Å². The van der Waals surface area contributed by atoms with Crippen LogP contribution in [0.2, 0.25) is 0 Å². The average Bonchev–Trinajstić information content (AvgIpc) is 2.87. The first-order chi connectivity index (χ1) is 9.49. The van der Waals surface area contributed by atoms with E-state index in [0.29, 0.717) is 10.9 Å². The van der Waals surface area contributed by atoms with Gasteiger partial charge in [0.15, 0.2) is 0 Å². The van der Waals surface area contributed by atoms with E-state index in [1.165, 1.54) is 6.07 Å². The molecular weight excluding hydrogens is 324 g/mol. The Hall–Kier alpha value is -1.43. The van der Waals surface area contributed by atoms with E-state index in [1.807, 2.05) is 0 Å². The third kappa shape index (κ3) is 2.85. The standard InChI is InChI=1S/C14H17BrN2O3/c1-10-5-4-6-11(12(10)17(19)20)13(18)16-14(9-15)7-2-3-8-14/h4-6H,2-3,7-9H2,1H3,(H,16,18). The van der Waals surface area contributed by atoms with Crippen molar-refractivity contribution < 1.29 is 9.72 Å². The number of halogens is 1. The SMILES string of the molecule is Cc1cccc(C(=O)NC2(CBr)CCCC2)c1[N+](=O)[O-]. The molecule has 0 aromatic heterocycles. The van der Waals surface area contributed by atoms with Gasteiger partial charge in [-0.25, -0.2) is 0 Å². The third-order valence-electron chi connectivity index (χ3n) is 3.86. The highest BCUT2D eigenvalue weighted by Crippen LogP contribution is 2.32. The number of carbonyl (C=O) groups excluding carboxylic acids is 1. The molecule has 1 aliphatic rings. The van der Waals surface area contributed by atoms with Gasteiger partial charge in [0.1, 0.15) is 5.56 Å².